The largest absolute Gasteiger partial charge is 0.508 e. The Labute approximate surface area is 88.1 Å². The number of carboxylic acid groups (broad SMARTS) is 1. The van der Waals surface area contributed by atoms with Gasteiger partial charge in [0.2, 0.25) is 0 Å². The molecule has 2 N–H and O–H groups in total. The molecule has 1 aromatic carbocycles. The number of phenolic OH excluding ortho intramolecular Hbond substituents is 1. The van der Waals surface area contributed by atoms with Crippen LogP contribution >= 0.6 is 0 Å². The van der Waals surface area contributed by atoms with Crippen molar-refractivity contribution in [2.45, 2.75) is 19.8 Å². The summed E-state index contributed by atoms with van der Waals surface area (Å²) in [6.07, 6.45) is 1.52. The van der Waals surface area contributed by atoms with E-state index < -0.39 is 5.97 Å². The predicted molar refractivity (Wildman–Crippen MR) is 55.6 cm³/mol. The van der Waals surface area contributed by atoms with Crippen molar-refractivity contribution in [1.82, 2.24) is 0 Å². The minimum Gasteiger partial charge on any atom is -0.508 e. The van der Waals surface area contributed by atoms with E-state index in [4.69, 9.17) is 9.84 Å². The number of hydrogen-bond acceptors (Lipinski definition) is 3. The highest BCUT2D eigenvalue weighted by atomic mass is 16.5. The zero-order valence-electron chi connectivity index (χ0n) is 8.78. The summed E-state index contributed by atoms with van der Waals surface area (Å²) in [5.41, 5.74) is 0.689. The van der Waals surface area contributed by atoms with Crippen molar-refractivity contribution in [3.05, 3.63) is 23.3 Å². The van der Waals surface area contributed by atoms with E-state index in [1.54, 1.807) is 0 Å². The smallest absolute Gasteiger partial charge is 0.335 e. The van der Waals surface area contributed by atoms with E-state index in [1.807, 2.05) is 6.92 Å². The Balaban J connectivity index is 3.24. The number of methoxy groups -OCH3 is 1. The van der Waals surface area contributed by atoms with Gasteiger partial charge in [0, 0.05) is 5.56 Å². The minimum atomic E-state index is -1.08. The van der Waals surface area contributed by atoms with Gasteiger partial charge < -0.3 is 14.9 Å². The van der Waals surface area contributed by atoms with Crippen LogP contribution in [0.15, 0.2) is 12.1 Å². The molecule has 0 unspecified atom stereocenters. The van der Waals surface area contributed by atoms with Crippen LogP contribution in [0.3, 0.4) is 0 Å². The van der Waals surface area contributed by atoms with E-state index >= 15 is 0 Å². The summed E-state index contributed by atoms with van der Waals surface area (Å²) in [4.78, 5) is 10.7. The summed E-state index contributed by atoms with van der Waals surface area (Å²) in [7, 11) is 1.46. The highest BCUT2D eigenvalue weighted by molar-refractivity contribution is 5.89. The van der Waals surface area contributed by atoms with Gasteiger partial charge in [0.25, 0.3) is 0 Å². The number of carbonyl (C=O) groups is 1. The molecule has 0 saturated heterocycles. The van der Waals surface area contributed by atoms with Crippen molar-refractivity contribution in [3.8, 4) is 11.5 Å². The molecule has 0 atom stereocenters. The first-order valence-corrected chi connectivity index (χ1v) is 4.73. The van der Waals surface area contributed by atoms with Crippen molar-refractivity contribution >= 4 is 5.97 Å². The van der Waals surface area contributed by atoms with E-state index in [-0.39, 0.29) is 11.3 Å². The van der Waals surface area contributed by atoms with Crippen LogP contribution in [0.4, 0.5) is 0 Å². The van der Waals surface area contributed by atoms with E-state index in [9.17, 15) is 9.90 Å². The van der Waals surface area contributed by atoms with Gasteiger partial charge in [0.1, 0.15) is 11.5 Å². The molecule has 1 aromatic rings. The lowest BCUT2D eigenvalue weighted by molar-refractivity contribution is 0.0696. The number of hydrogen-bond donors (Lipinski definition) is 2. The lowest BCUT2D eigenvalue weighted by Crippen LogP contribution is -2.00. The second kappa shape index (κ2) is 4.68. The molecule has 0 amide bonds. The van der Waals surface area contributed by atoms with Gasteiger partial charge in [-0.15, -0.1) is 0 Å². The Bertz CT molecular complexity index is 371. The molecule has 0 aromatic heterocycles. The third kappa shape index (κ3) is 2.40. The van der Waals surface area contributed by atoms with Crippen LogP contribution < -0.4 is 4.74 Å². The molecule has 0 aliphatic rings. The van der Waals surface area contributed by atoms with E-state index in [2.05, 4.69) is 0 Å². The highest BCUT2D eigenvalue weighted by Gasteiger charge is 2.13. The van der Waals surface area contributed by atoms with E-state index in [0.29, 0.717) is 17.7 Å². The van der Waals surface area contributed by atoms with Crippen LogP contribution in [0, 0.1) is 0 Å². The number of ether oxygens (including phenoxy) is 1. The molecule has 4 nitrogen and oxygen atoms in total. The molecule has 15 heavy (non-hydrogen) atoms. The Hall–Kier alpha value is -1.71. The molecule has 0 spiro atoms. The SMILES string of the molecule is CCCc1c(O)cc(C(=O)O)cc1OC. The van der Waals surface area contributed by atoms with Gasteiger partial charge >= 0.3 is 5.97 Å². The fourth-order valence-corrected chi connectivity index (χ4v) is 1.44. The van der Waals surface area contributed by atoms with Gasteiger partial charge in [0.15, 0.2) is 0 Å². The summed E-state index contributed by atoms with van der Waals surface area (Å²) in [5, 5.41) is 18.4. The molecular weight excluding hydrogens is 196 g/mol. The maximum Gasteiger partial charge on any atom is 0.335 e. The van der Waals surface area contributed by atoms with Gasteiger partial charge in [-0.1, -0.05) is 13.3 Å². The Morgan fingerprint density at radius 1 is 1.47 bits per heavy atom. The Morgan fingerprint density at radius 2 is 2.13 bits per heavy atom. The molecule has 0 saturated carbocycles. The molecule has 0 heterocycles. The average molecular weight is 210 g/mol. The number of rotatable bonds is 4. The third-order valence-corrected chi connectivity index (χ3v) is 2.15. The van der Waals surface area contributed by atoms with Crippen LogP contribution in [-0.4, -0.2) is 23.3 Å². The van der Waals surface area contributed by atoms with E-state index in [1.165, 1.54) is 19.2 Å². The maximum absolute atomic E-state index is 10.7. The Kier molecular flexibility index (Phi) is 3.55. The number of aromatic carboxylic acids is 1. The molecule has 82 valence electrons. The first kappa shape index (κ1) is 11.4. The molecule has 0 aliphatic carbocycles. The molecule has 0 aliphatic heterocycles. The first-order chi connectivity index (χ1) is 7.10. The zero-order valence-corrected chi connectivity index (χ0v) is 8.78. The van der Waals surface area contributed by atoms with Gasteiger partial charge in [-0.3, -0.25) is 0 Å². The topological polar surface area (TPSA) is 66.8 Å². The predicted octanol–water partition coefficient (Wildman–Crippen LogP) is 2.05. The molecule has 0 radical (unpaired) electrons. The fraction of sp³-hybridized carbons (Fsp3) is 0.364. The summed E-state index contributed by atoms with van der Waals surface area (Å²) >= 11 is 0. The second-order valence-corrected chi connectivity index (χ2v) is 3.23. The van der Waals surface area contributed by atoms with Crippen molar-refractivity contribution in [3.63, 3.8) is 0 Å². The lowest BCUT2D eigenvalue weighted by Gasteiger charge is -2.10. The summed E-state index contributed by atoms with van der Waals surface area (Å²) < 4.78 is 5.05. The third-order valence-electron chi connectivity index (χ3n) is 2.15. The van der Waals surface area contributed by atoms with Crippen LogP contribution in [0.2, 0.25) is 0 Å². The highest BCUT2D eigenvalue weighted by Crippen LogP contribution is 2.30. The Morgan fingerprint density at radius 3 is 2.60 bits per heavy atom. The van der Waals surface area contributed by atoms with Crippen molar-refractivity contribution in [2.75, 3.05) is 7.11 Å². The summed E-state index contributed by atoms with van der Waals surface area (Å²) in [6.45, 7) is 1.98. The lowest BCUT2D eigenvalue weighted by atomic mass is 10.0. The van der Waals surface area contributed by atoms with Gasteiger partial charge in [-0.25, -0.2) is 4.79 Å². The van der Waals surface area contributed by atoms with Gasteiger partial charge in [0.05, 0.1) is 12.7 Å². The molecule has 0 bridgehead atoms. The van der Waals surface area contributed by atoms with Crippen LogP contribution in [0.25, 0.3) is 0 Å². The molecular formula is C11H14O4. The zero-order chi connectivity index (χ0) is 11.4. The average Bonchev–Trinajstić information content (AvgIpc) is 2.20. The summed E-state index contributed by atoms with van der Waals surface area (Å²) in [5.74, 6) is -0.672. The second-order valence-electron chi connectivity index (χ2n) is 3.23. The van der Waals surface area contributed by atoms with E-state index in [0.717, 1.165) is 6.42 Å². The van der Waals surface area contributed by atoms with Crippen LogP contribution in [0.1, 0.15) is 29.3 Å². The molecule has 0 fully saturated rings. The number of aromatic hydroxyl groups is 1. The summed E-state index contributed by atoms with van der Waals surface area (Å²) in [6, 6.07) is 2.67. The quantitative estimate of drug-likeness (QED) is 0.798. The number of phenols is 1. The van der Waals surface area contributed by atoms with Crippen molar-refractivity contribution < 1.29 is 19.7 Å². The number of benzene rings is 1. The van der Waals surface area contributed by atoms with Crippen LogP contribution in [-0.2, 0) is 6.42 Å². The maximum atomic E-state index is 10.7. The van der Waals surface area contributed by atoms with Gasteiger partial charge in [-0.2, -0.15) is 0 Å². The minimum absolute atomic E-state index is 0.0198. The van der Waals surface area contributed by atoms with Gasteiger partial charge in [-0.05, 0) is 18.6 Å². The first-order valence-electron chi connectivity index (χ1n) is 4.73. The fourth-order valence-electron chi connectivity index (χ4n) is 1.44. The van der Waals surface area contributed by atoms with Crippen molar-refractivity contribution in [2.24, 2.45) is 0 Å². The monoisotopic (exact) mass is 210 g/mol. The molecule has 1 rings (SSSR count). The standard InChI is InChI=1S/C11H14O4/c1-3-4-8-9(12)5-7(11(13)14)6-10(8)15-2/h5-6,12H,3-4H2,1-2H3,(H,13,14). The van der Waals surface area contributed by atoms with Crippen LogP contribution in [0.5, 0.6) is 11.5 Å². The normalized spacial score (nSPS) is 10.0. The molecule has 4 heteroatoms. The van der Waals surface area contributed by atoms with Crippen molar-refractivity contribution in [1.29, 1.82) is 0 Å². The number of carboxylic acids is 1.